The lowest BCUT2D eigenvalue weighted by atomic mass is 9.84. The van der Waals surface area contributed by atoms with Crippen molar-refractivity contribution < 1.29 is 0 Å². The normalized spacial score (nSPS) is 11.8. The van der Waals surface area contributed by atoms with Crippen molar-refractivity contribution in [2.24, 2.45) is 0 Å². The summed E-state index contributed by atoms with van der Waals surface area (Å²) in [6.07, 6.45) is 0. The number of aromatic nitrogens is 1. The van der Waals surface area contributed by atoms with Crippen LogP contribution in [0.5, 0.6) is 0 Å². The zero-order valence-corrected chi connectivity index (χ0v) is 38.8. The van der Waals surface area contributed by atoms with Gasteiger partial charge in [-0.15, -0.1) is 0 Å². The SMILES string of the molecule is Cc1cccc(N(c2ccc(C(C)(C)C)cc2)c2ccc3c(-c4ccc5ccccc5c4)c4cc(N(c5ccccc5)c5ccccc5)ccc4c(-c4ccc5[nH]c6ccccc6c5c4)c3c2)c1. The summed E-state index contributed by atoms with van der Waals surface area (Å²) in [6, 6.07) is 85.0. The number of H-pyrrole nitrogens is 1. The number of hydrogen-bond donors (Lipinski definition) is 1. The topological polar surface area (TPSA) is 22.3 Å². The van der Waals surface area contributed by atoms with Crippen LogP contribution in [0.2, 0.25) is 0 Å². The first kappa shape index (κ1) is 41.1. The summed E-state index contributed by atoms with van der Waals surface area (Å²) in [4.78, 5) is 8.49. The van der Waals surface area contributed by atoms with Crippen LogP contribution in [-0.4, -0.2) is 4.98 Å². The molecule has 0 amide bonds. The lowest BCUT2D eigenvalue weighted by Gasteiger charge is -2.29. The van der Waals surface area contributed by atoms with E-state index in [0.29, 0.717) is 0 Å². The van der Waals surface area contributed by atoms with Gasteiger partial charge in [0, 0.05) is 55.9 Å². The largest absolute Gasteiger partial charge is 0.355 e. The number of para-hydroxylation sites is 3. The van der Waals surface area contributed by atoms with E-state index in [4.69, 9.17) is 0 Å². The molecule has 0 saturated carbocycles. The van der Waals surface area contributed by atoms with Crippen LogP contribution in [0.3, 0.4) is 0 Å². The number of nitrogens with one attached hydrogen (secondary N) is 1. The molecule has 3 heteroatoms. The first-order chi connectivity index (χ1) is 33.2. The lowest BCUT2D eigenvalue weighted by molar-refractivity contribution is 0.590. The summed E-state index contributed by atoms with van der Waals surface area (Å²) >= 11 is 0. The highest BCUT2D eigenvalue weighted by molar-refractivity contribution is 6.24. The number of nitrogens with zero attached hydrogens (tertiary/aromatic N) is 2. The molecule has 1 N–H and O–H groups in total. The molecule has 0 saturated heterocycles. The van der Waals surface area contributed by atoms with Crippen molar-refractivity contribution in [1.29, 1.82) is 0 Å². The predicted octanol–water partition coefficient (Wildman–Crippen LogP) is 18.7. The number of aromatic amines is 1. The lowest BCUT2D eigenvalue weighted by Crippen LogP contribution is -2.13. The number of benzene rings is 11. The summed E-state index contributed by atoms with van der Waals surface area (Å²) in [5.41, 5.74) is 16.2. The number of hydrogen-bond acceptors (Lipinski definition) is 2. The summed E-state index contributed by atoms with van der Waals surface area (Å²) in [6.45, 7) is 9.01. The summed E-state index contributed by atoms with van der Waals surface area (Å²) in [5, 5.41) is 9.65. The van der Waals surface area contributed by atoms with Crippen LogP contribution in [0.1, 0.15) is 31.9 Å². The van der Waals surface area contributed by atoms with E-state index >= 15 is 0 Å². The molecule has 0 radical (unpaired) electrons. The van der Waals surface area contributed by atoms with Gasteiger partial charge in [0.05, 0.1) is 0 Å². The smallest absolute Gasteiger partial charge is 0.0468 e. The van der Waals surface area contributed by atoms with Crippen LogP contribution in [-0.2, 0) is 5.41 Å². The van der Waals surface area contributed by atoms with Crippen molar-refractivity contribution >= 4 is 88.2 Å². The Bertz CT molecular complexity index is 3800. The fourth-order valence-electron chi connectivity index (χ4n) is 10.4. The molecule has 0 aliphatic carbocycles. The quantitative estimate of drug-likeness (QED) is 0.154. The van der Waals surface area contributed by atoms with Gasteiger partial charge < -0.3 is 14.8 Å². The predicted molar refractivity (Wildman–Crippen MR) is 292 cm³/mol. The zero-order chi connectivity index (χ0) is 45.9. The Morgan fingerprint density at radius 2 is 0.824 bits per heavy atom. The summed E-state index contributed by atoms with van der Waals surface area (Å²) < 4.78 is 0. The maximum Gasteiger partial charge on any atom is 0.0468 e. The number of fused-ring (bicyclic) bond motifs is 6. The first-order valence-corrected chi connectivity index (χ1v) is 23.7. The van der Waals surface area contributed by atoms with Crippen LogP contribution in [0.25, 0.3) is 76.4 Å². The Morgan fingerprint density at radius 3 is 1.47 bits per heavy atom. The van der Waals surface area contributed by atoms with E-state index in [2.05, 4.69) is 273 Å². The minimum absolute atomic E-state index is 0.0374. The van der Waals surface area contributed by atoms with Crippen LogP contribution < -0.4 is 9.80 Å². The molecular formula is C65H51N3. The molecule has 0 unspecified atom stereocenters. The van der Waals surface area contributed by atoms with Crippen molar-refractivity contribution in [3.8, 4) is 22.3 Å². The molecule has 11 aromatic carbocycles. The third-order valence-corrected chi connectivity index (χ3v) is 13.7. The van der Waals surface area contributed by atoms with E-state index in [1.807, 2.05) is 0 Å². The highest BCUT2D eigenvalue weighted by atomic mass is 15.1. The molecule has 1 heterocycles. The van der Waals surface area contributed by atoms with E-state index in [1.165, 1.54) is 76.5 Å². The molecule has 1 aromatic heterocycles. The highest BCUT2D eigenvalue weighted by Gasteiger charge is 2.23. The van der Waals surface area contributed by atoms with Gasteiger partial charge in [-0.3, -0.25) is 0 Å². The van der Waals surface area contributed by atoms with E-state index < -0.39 is 0 Å². The van der Waals surface area contributed by atoms with E-state index in [-0.39, 0.29) is 5.41 Å². The fourth-order valence-corrected chi connectivity index (χ4v) is 10.4. The van der Waals surface area contributed by atoms with Gasteiger partial charge in [-0.05, 0) is 175 Å². The number of rotatable bonds is 8. The van der Waals surface area contributed by atoms with Crippen LogP contribution in [0, 0.1) is 6.92 Å². The van der Waals surface area contributed by atoms with Crippen LogP contribution >= 0.6 is 0 Å². The Kier molecular flexibility index (Phi) is 9.95. The Morgan fingerprint density at radius 1 is 0.324 bits per heavy atom. The Balaban J connectivity index is 1.20. The molecule has 12 aromatic rings. The summed E-state index contributed by atoms with van der Waals surface area (Å²) in [7, 11) is 0. The van der Waals surface area contributed by atoms with Crippen LogP contribution in [0.15, 0.2) is 231 Å². The molecule has 0 aliphatic heterocycles. The third kappa shape index (κ3) is 7.24. The molecule has 68 heavy (non-hydrogen) atoms. The van der Waals surface area contributed by atoms with E-state index in [1.54, 1.807) is 0 Å². The van der Waals surface area contributed by atoms with Crippen molar-refractivity contribution in [3.05, 3.63) is 242 Å². The van der Waals surface area contributed by atoms with Gasteiger partial charge in [0.2, 0.25) is 0 Å². The Labute approximate surface area is 398 Å². The fraction of sp³-hybridized carbons (Fsp3) is 0.0769. The van der Waals surface area contributed by atoms with E-state index in [9.17, 15) is 0 Å². The third-order valence-electron chi connectivity index (χ3n) is 13.7. The van der Waals surface area contributed by atoms with Gasteiger partial charge in [0.25, 0.3) is 0 Å². The van der Waals surface area contributed by atoms with Gasteiger partial charge >= 0.3 is 0 Å². The average Bonchev–Trinajstić information content (AvgIpc) is 3.74. The van der Waals surface area contributed by atoms with Crippen LogP contribution in [0.4, 0.5) is 34.1 Å². The van der Waals surface area contributed by atoms with Crippen molar-refractivity contribution in [1.82, 2.24) is 4.98 Å². The van der Waals surface area contributed by atoms with Gasteiger partial charge in [0.15, 0.2) is 0 Å². The molecule has 12 rings (SSSR count). The van der Waals surface area contributed by atoms with E-state index in [0.717, 1.165) is 45.2 Å². The molecule has 3 nitrogen and oxygen atoms in total. The number of aryl methyl sites for hydroxylation is 1. The second-order valence-electron chi connectivity index (χ2n) is 19.2. The van der Waals surface area contributed by atoms with Gasteiger partial charge in [0.1, 0.15) is 0 Å². The minimum Gasteiger partial charge on any atom is -0.355 e. The van der Waals surface area contributed by atoms with Crippen molar-refractivity contribution in [2.75, 3.05) is 9.80 Å². The second-order valence-corrected chi connectivity index (χ2v) is 19.2. The highest BCUT2D eigenvalue weighted by Crippen LogP contribution is 2.49. The maximum atomic E-state index is 3.69. The molecule has 0 fully saturated rings. The van der Waals surface area contributed by atoms with Gasteiger partial charge in [-0.25, -0.2) is 0 Å². The van der Waals surface area contributed by atoms with Gasteiger partial charge in [-0.2, -0.15) is 0 Å². The van der Waals surface area contributed by atoms with Crippen molar-refractivity contribution in [3.63, 3.8) is 0 Å². The average molecular weight is 874 g/mol. The second kappa shape index (κ2) is 16.5. The standard InChI is InChI=1S/C65H51N3/c1-43-16-15-23-52(38-43)68(51-31-29-48(30-32-51)65(2,3)4)54-34-36-56-60(42-54)64(47-28-37-62-58(40-47)55-24-13-14-25-61(55)66-62)57-35-33-53(67(49-19-7-5-8-20-49)50-21-9-6-10-22-50)41-59(57)63(56)46-27-26-44-17-11-12-18-45(44)39-46/h5-42,66H,1-4H3. The first-order valence-electron chi connectivity index (χ1n) is 23.7. The molecule has 0 atom stereocenters. The van der Waals surface area contributed by atoms with Crippen molar-refractivity contribution in [2.45, 2.75) is 33.1 Å². The molecule has 0 aliphatic rings. The molecule has 0 spiro atoms. The molecule has 326 valence electrons. The summed E-state index contributed by atoms with van der Waals surface area (Å²) in [5.74, 6) is 0. The minimum atomic E-state index is 0.0374. The monoisotopic (exact) mass is 873 g/mol. The molecular weight excluding hydrogens is 823 g/mol. The number of anilines is 6. The zero-order valence-electron chi connectivity index (χ0n) is 38.8. The maximum absolute atomic E-state index is 3.69. The molecule has 0 bridgehead atoms. The van der Waals surface area contributed by atoms with Gasteiger partial charge in [-0.1, -0.05) is 154 Å². The Hall–Kier alpha value is -8.40.